The number of hydrogen-bond donors (Lipinski definition) is 0. The minimum Gasteiger partial charge on any atom is -0.482 e. The molecule has 0 saturated carbocycles. The summed E-state index contributed by atoms with van der Waals surface area (Å²) in [6, 6.07) is 8.59. The number of ketones is 1. The molecule has 0 bridgehead atoms. The molecule has 160 valence electrons. The molecule has 5 rings (SSSR count). The summed E-state index contributed by atoms with van der Waals surface area (Å²) < 4.78 is 15.7. The predicted octanol–water partition coefficient (Wildman–Crippen LogP) is 3.72. The van der Waals surface area contributed by atoms with Crippen LogP contribution in [-0.2, 0) is 4.79 Å². The number of rotatable bonds is 6. The van der Waals surface area contributed by atoms with Gasteiger partial charge in [0, 0.05) is 23.7 Å². The first-order chi connectivity index (χ1) is 15.6. The van der Waals surface area contributed by atoms with Gasteiger partial charge in [-0.25, -0.2) is 4.98 Å². The van der Waals surface area contributed by atoms with Crippen LogP contribution in [0.3, 0.4) is 0 Å². The van der Waals surface area contributed by atoms with E-state index in [9.17, 15) is 9.59 Å². The minimum atomic E-state index is -0.166. The summed E-state index contributed by atoms with van der Waals surface area (Å²) in [5.41, 5.74) is 3.66. The van der Waals surface area contributed by atoms with Gasteiger partial charge in [0.15, 0.2) is 12.4 Å². The van der Waals surface area contributed by atoms with E-state index in [1.165, 1.54) is 16.7 Å². The third-order valence-corrected chi connectivity index (χ3v) is 5.79. The van der Waals surface area contributed by atoms with E-state index in [2.05, 4.69) is 15.2 Å². The van der Waals surface area contributed by atoms with Gasteiger partial charge in [-0.15, -0.1) is 10.2 Å². The molecule has 1 aromatic carbocycles. The molecule has 0 radical (unpaired) electrons. The zero-order valence-corrected chi connectivity index (χ0v) is 17.7. The molecular formula is C22H16N4O5S. The zero-order valence-electron chi connectivity index (χ0n) is 16.8. The number of ether oxygens (including phenoxy) is 1. The van der Waals surface area contributed by atoms with Crippen LogP contribution >= 0.6 is 11.8 Å². The number of likely N-dealkylation sites (N-methyl/N-ethyl adjacent to an activating group) is 1. The van der Waals surface area contributed by atoms with Crippen molar-refractivity contribution in [3.8, 4) is 28.3 Å². The van der Waals surface area contributed by atoms with E-state index < -0.39 is 0 Å². The summed E-state index contributed by atoms with van der Waals surface area (Å²) >= 11 is 1.18. The molecule has 1 aliphatic heterocycles. The normalized spacial score (nSPS) is 13.0. The second-order valence-corrected chi connectivity index (χ2v) is 7.89. The van der Waals surface area contributed by atoms with Crippen LogP contribution in [-0.4, -0.2) is 46.3 Å². The average molecular weight is 448 g/mol. The predicted molar refractivity (Wildman–Crippen MR) is 116 cm³/mol. The van der Waals surface area contributed by atoms with Gasteiger partial charge in [-0.1, -0.05) is 11.8 Å². The van der Waals surface area contributed by atoms with E-state index in [0.29, 0.717) is 33.5 Å². The first kappa shape index (κ1) is 20.0. The van der Waals surface area contributed by atoms with E-state index >= 15 is 0 Å². The Labute approximate surface area is 186 Å². The van der Waals surface area contributed by atoms with E-state index in [1.54, 1.807) is 62.4 Å². The topological polar surface area (TPSA) is 112 Å². The molecule has 0 fully saturated rings. The monoisotopic (exact) mass is 448 g/mol. The Morgan fingerprint density at radius 3 is 2.53 bits per heavy atom. The number of carbonyl (C=O) groups is 2. The van der Waals surface area contributed by atoms with Crippen molar-refractivity contribution in [3.63, 3.8) is 0 Å². The highest BCUT2D eigenvalue weighted by atomic mass is 32.2. The Morgan fingerprint density at radius 1 is 1.06 bits per heavy atom. The van der Waals surface area contributed by atoms with Crippen molar-refractivity contribution in [1.82, 2.24) is 15.2 Å². The van der Waals surface area contributed by atoms with Crippen LogP contribution < -0.4 is 9.64 Å². The van der Waals surface area contributed by atoms with Gasteiger partial charge in [0.2, 0.25) is 5.16 Å². The number of amides is 1. The number of aromatic nitrogens is 3. The molecule has 0 unspecified atom stereocenters. The molecule has 4 heterocycles. The van der Waals surface area contributed by atoms with Crippen molar-refractivity contribution >= 4 is 29.1 Å². The molecule has 10 heteroatoms. The Kier molecular flexibility index (Phi) is 5.20. The van der Waals surface area contributed by atoms with Crippen LogP contribution in [0.2, 0.25) is 0 Å². The molecule has 0 saturated heterocycles. The number of carbonyl (C=O) groups excluding carboxylic acids is 2. The van der Waals surface area contributed by atoms with Crippen molar-refractivity contribution in [2.75, 3.05) is 24.3 Å². The quantitative estimate of drug-likeness (QED) is 0.322. The van der Waals surface area contributed by atoms with Gasteiger partial charge >= 0.3 is 0 Å². The Hall–Kier alpha value is -3.92. The number of nitrogens with zero attached hydrogens (tertiary/aromatic N) is 4. The number of hydrogen-bond acceptors (Lipinski definition) is 9. The molecule has 0 spiro atoms. The van der Waals surface area contributed by atoms with Gasteiger partial charge in [-0.3, -0.25) is 9.59 Å². The highest BCUT2D eigenvalue weighted by molar-refractivity contribution is 7.99. The second kappa shape index (κ2) is 8.31. The molecule has 32 heavy (non-hydrogen) atoms. The largest absolute Gasteiger partial charge is 0.482 e. The lowest BCUT2D eigenvalue weighted by Gasteiger charge is -2.26. The Balaban J connectivity index is 1.37. The Bertz CT molecular complexity index is 1290. The van der Waals surface area contributed by atoms with E-state index in [4.69, 9.17) is 13.6 Å². The summed E-state index contributed by atoms with van der Waals surface area (Å²) in [7, 11) is 1.66. The third kappa shape index (κ3) is 3.76. The van der Waals surface area contributed by atoms with Gasteiger partial charge in [0.25, 0.3) is 5.91 Å². The SMILES string of the molecule is CN1C(=O)COc2ccc(C(=O)CSc3nnc(-c4ccoc4)c(-c4ccoc4)n3)cc21. The molecule has 0 N–H and O–H groups in total. The van der Waals surface area contributed by atoms with Gasteiger partial charge in [0.1, 0.15) is 17.1 Å². The lowest BCUT2D eigenvalue weighted by atomic mass is 10.1. The lowest BCUT2D eigenvalue weighted by molar-refractivity contribution is -0.120. The van der Waals surface area contributed by atoms with Gasteiger partial charge in [-0.2, -0.15) is 0 Å². The summed E-state index contributed by atoms with van der Waals surface area (Å²) in [5, 5.41) is 8.82. The molecule has 1 amide bonds. The molecule has 0 atom stereocenters. The van der Waals surface area contributed by atoms with Crippen LogP contribution in [0, 0.1) is 0 Å². The standard InChI is InChI=1S/C22H16N4O5S/c1-26-16-8-13(2-3-18(16)31-11-19(26)28)17(27)12-32-22-23-20(14-4-6-29-9-14)21(24-25-22)15-5-7-30-10-15/h2-10H,11-12H2,1H3. The number of anilines is 1. The van der Waals surface area contributed by atoms with Crippen LogP contribution in [0.4, 0.5) is 5.69 Å². The van der Waals surface area contributed by atoms with Crippen LogP contribution in [0.1, 0.15) is 10.4 Å². The first-order valence-corrected chi connectivity index (χ1v) is 10.6. The first-order valence-electron chi connectivity index (χ1n) is 9.59. The maximum absolute atomic E-state index is 12.8. The van der Waals surface area contributed by atoms with Crippen LogP contribution in [0.25, 0.3) is 22.5 Å². The number of benzene rings is 1. The van der Waals surface area contributed by atoms with E-state index in [-0.39, 0.29) is 24.1 Å². The molecule has 0 aliphatic carbocycles. The Morgan fingerprint density at radius 2 is 1.81 bits per heavy atom. The number of furan rings is 2. The average Bonchev–Trinajstić information content (AvgIpc) is 3.54. The molecule has 4 aromatic rings. The highest BCUT2D eigenvalue weighted by Crippen LogP contribution is 2.33. The van der Waals surface area contributed by atoms with E-state index in [0.717, 1.165) is 11.1 Å². The maximum Gasteiger partial charge on any atom is 0.264 e. The van der Waals surface area contributed by atoms with Gasteiger partial charge in [-0.05, 0) is 30.3 Å². The van der Waals surface area contributed by atoms with Crippen LogP contribution in [0.5, 0.6) is 5.75 Å². The molecule has 9 nitrogen and oxygen atoms in total. The number of thioether (sulfide) groups is 1. The zero-order chi connectivity index (χ0) is 22.1. The summed E-state index contributed by atoms with van der Waals surface area (Å²) in [6.45, 7) is -0.00913. The number of fused-ring (bicyclic) bond motifs is 1. The van der Waals surface area contributed by atoms with Crippen molar-refractivity contribution < 1.29 is 23.2 Å². The van der Waals surface area contributed by atoms with Crippen molar-refractivity contribution in [1.29, 1.82) is 0 Å². The van der Waals surface area contributed by atoms with Crippen LogP contribution in [0.15, 0.2) is 69.4 Å². The molecule has 1 aliphatic rings. The van der Waals surface area contributed by atoms with Crippen molar-refractivity contribution in [3.05, 3.63) is 60.9 Å². The van der Waals surface area contributed by atoms with E-state index in [1.807, 2.05) is 0 Å². The molecule has 3 aromatic heterocycles. The molecular weight excluding hydrogens is 432 g/mol. The smallest absolute Gasteiger partial charge is 0.264 e. The second-order valence-electron chi connectivity index (χ2n) is 6.95. The summed E-state index contributed by atoms with van der Waals surface area (Å²) in [5.74, 6) is 0.384. The fourth-order valence-electron chi connectivity index (χ4n) is 3.23. The van der Waals surface area contributed by atoms with Crippen molar-refractivity contribution in [2.24, 2.45) is 0 Å². The number of Topliss-reactive ketones (excluding diaryl/α,β-unsaturated/α-hetero) is 1. The minimum absolute atomic E-state index is 0.00913. The van der Waals surface area contributed by atoms with Crippen molar-refractivity contribution in [2.45, 2.75) is 5.16 Å². The fraction of sp³-hybridized carbons (Fsp3) is 0.136. The fourth-order valence-corrected chi connectivity index (χ4v) is 3.91. The maximum atomic E-state index is 12.8. The highest BCUT2D eigenvalue weighted by Gasteiger charge is 2.23. The summed E-state index contributed by atoms with van der Waals surface area (Å²) in [6.07, 6.45) is 6.23. The third-order valence-electron chi connectivity index (χ3n) is 4.96. The van der Waals surface area contributed by atoms with Gasteiger partial charge in [0.05, 0.1) is 36.5 Å². The van der Waals surface area contributed by atoms with Gasteiger partial charge < -0.3 is 18.5 Å². The lowest BCUT2D eigenvalue weighted by Crippen LogP contribution is -2.35. The summed E-state index contributed by atoms with van der Waals surface area (Å²) in [4.78, 5) is 30.7.